The smallest absolute Gasteiger partial charge is 0.103 e. The molecule has 1 saturated carbocycles. The molecule has 3 heteroatoms. The molecule has 1 aromatic heterocycles. The third-order valence-electron chi connectivity index (χ3n) is 4.70. The van der Waals surface area contributed by atoms with Crippen LogP contribution in [0.1, 0.15) is 45.3 Å². The van der Waals surface area contributed by atoms with Crippen molar-refractivity contribution >= 4 is 0 Å². The van der Waals surface area contributed by atoms with Crippen LogP contribution in [0.3, 0.4) is 0 Å². The quantitative estimate of drug-likeness (QED) is 0.623. The van der Waals surface area contributed by atoms with Crippen molar-refractivity contribution in [2.45, 2.75) is 52.0 Å². The number of nitrogens with two attached hydrogens (primary N) is 1. The molecule has 1 heterocycles. The first-order valence-electron chi connectivity index (χ1n) is 7.19. The predicted octanol–water partition coefficient (Wildman–Crippen LogP) is 3.12. The zero-order chi connectivity index (χ0) is 13.0. The van der Waals surface area contributed by atoms with Gasteiger partial charge in [-0.3, -0.25) is 11.3 Å². The van der Waals surface area contributed by atoms with Crippen molar-refractivity contribution in [2.24, 2.45) is 23.6 Å². The lowest BCUT2D eigenvalue weighted by molar-refractivity contribution is 0.165. The van der Waals surface area contributed by atoms with Gasteiger partial charge in [-0.2, -0.15) is 0 Å². The normalized spacial score (nSPS) is 30.3. The number of hydrogen-bond donors (Lipinski definition) is 2. The molecular weight excluding hydrogens is 224 g/mol. The minimum Gasteiger partial charge on any atom is -0.469 e. The summed E-state index contributed by atoms with van der Waals surface area (Å²) in [7, 11) is 0. The first-order valence-corrected chi connectivity index (χ1v) is 7.19. The summed E-state index contributed by atoms with van der Waals surface area (Å²) < 4.78 is 5.39. The van der Waals surface area contributed by atoms with Crippen molar-refractivity contribution in [3.8, 4) is 0 Å². The molecule has 0 saturated heterocycles. The molecule has 4 unspecified atom stereocenters. The van der Waals surface area contributed by atoms with Crippen LogP contribution < -0.4 is 11.3 Å². The van der Waals surface area contributed by atoms with Gasteiger partial charge in [0.25, 0.3) is 0 Å². The third kappa shape index (κ3) is 3.36. The Morgan fingerprint density at radius 2 is 2.22 bits per heavy atom. The summed E-state index contributed by atoms with van der Waals surface area (Å²) in [6.07, 6.45) is 7.72. The standard InChI is InChI=1S/C15H26N2O/c1-11-5-6-13(10-12(11)2)15(17-16)8-7-14-4-3-9-18-14/h3-4,9,11-13,15,17H,5-8,10,16H2,1-2H3. The van der Waals surface area contributed by atoms with Crippen molar-refractivity contribution < 1.29 is 4.42 Å². The van der Waals surface area contributed by atoms with E-state index in [0.29, 0.717) is 6.04 Å². The molecule has 0 amide bonds. The average molecular weight is 250 g/mol. The molecule has 102 valence electrons. The van der Waals surface area contributed by atoms with E-state index in [1.165, 1.54) is 19.3 Å². The van der Waals surface area contributed by atoms with E-state index >= 15 is 0 Å². The number of aryl methyl sites for hydroxylation is 1. The highest BCUT2D eigenvalue weighted by Crippen LogP contribution is 2.35. The molecule has 0 radical (unpaired) electrons. The molecular formula is C15H26N2O. The van der Waals surface area contributed by atoms with Crippen LogP contribution in [0.4, 0.5) is 0 Å². The van der Waals surface area contributed by atoms with Gasteiger partial charge in [-0.15, -0.1) is 0 Å². The van der Waals surface area contributed by atoms with Crippen LogP contribution in [0.15, 0.2) is 22.8 Å². The van der Waals surface area contributed by atoms with Crippen molar-refractivity contribution in [3.63, 3.8) is 0 Å². The molecule has 1 aromatic rings. The van der Waals surface area contributed by atoms with Crippen molar-refractivity contribution in [1.82, 2.24) is 5.43 Å². The van der Waals surface area contributed by atoms with Crippen LogP contribution in [0.5, 0.6) is 0 Å². The van der Waals surface area contributed by atoms with Gasteiger partial charge in [-0.1, -0.05) is 20.3 Å². The van der Waals surface area contributed by atoms with E-state index in [9.17, 15) is 0 Å². The molecule has 1 aliphatic carbocycles. The van der Waals surface area contributed by atoms with Crippen LogP contribution in [-0.2, 0) is 6.42 Å². The molecule has 2 rings (SSSR count). The fourth-order valence-corrected chi connectivity index (χ4v) is 3.16. The van der Waals surface area contributed by atoms with E-state index in [1.54, 1.807) is 6.26 Å². The third-order valence-corrected chi connectivity index (χ3v) is 4.70. The van der Waals surface area contributed by atoms with Crippen LogP contribution in [0, 0.1) is 17.8 Å². The largest absolute Gasteiger partial charge is 0.469 e. The molecule has 3 nitrogen and oxygen atoms in total. The molecule has 4 atom stereocenters. The first-order chi connectivity index (χ1) is 8.70. The molecule has 18 heavy (non-hydrogen) atoms. The predicted molar refractivity (Wildman–Crippen MR) is 73.8 cm³/mol. The van der Waals surface area contributed by atoms with E-state index in [1.807, 2.05) is 12.1 Å². The maximum absolute atomic E-state index is 5.74. The van der Waals surface area contributed by atoms with E-state index in [2.05, 4.69) is 19.3 Å². The second-order valence-electron chi connectivity index (χ2n) is 5.92. The van der Waals surface area contributed by atoms with Crippen LogP contribution in [0.2, 0.25) is 0 Å². The highest BCUT2D eigenvalue weighted by molar-refractivity contribution is 4.99. The highest BCUT2D eigenvalue weighted by atomic mass is 16.3. The number of nitrogens with one attached hydrogen (secondary N) is 1. The molecule has 1 aliphatic rings. The molecule has 0 bridgehead atoms. The Labute approximate surface area is 110 Å². The fourth-order valence-electron chi connectivity index (χ4n) is 3.16. The van der Waals surface area contributed by atoms with E-state index in [0.717, 1.165) is 36.4 Å². The van der Waals surface area contributed by atoms with Crippen LogP contribution in [-0.4, -0.2) is 6.04 Å². The summed E-state index contributed by atoms with van der Waals surface area (Å²) in [6, 6.07) is 4.41. The maximum Gasteiger partial charge on any atom is 0.103 e. The van der Waals surface area contributed by atoms with E-state index in [-0.39, 0.29) is 0 Å². The molecule has 0 aromatic carbocycles. The van der Waals surface area contributed by atoms with Gasteiger partial charge in [-0.05, 0) is 49.1 Å². The maximum atomic E-state index is 5.74. The molecule has 0 spiro atoms. The SMILES string of the molecule is CC1CCC(C(CCc2ccco2)NN)CC1C. The zero-order valence-corrected chi connectivity index (χ0v) is 11.6. The van der Waals surface area contributed by atoms with Gasteiger partial charge in [0.1, 0.15) is 5.76 Å². The first kappa shape index (κ1) is 13.6. The van der Waals surface area contributed by atoms with Gasteiger partial charge in [0.15, 0.2) is 0 Å². The van der Waals surface area contributed by atoms with Gasteiger partial charge in [-0.25, -0.2) is 0 Å². The Morgan fingerprint density at radius 3 is 2.83 bits per heavy atom. The minimum absolute atomic E-state index is 0.421. The van der Waals surface area contributed by atoms with Gasteiger partial charge in [0, 0.05) is 12.5 Å². The van der Waals surface area contributed by atoms with Crippen molar-refractivity contribution in [1.29, 1.82) is 0 Å². The summed E-state index contributed by atoms with van der Waals surface area (Å²) in [5, 5.41) is 0. The number of hydrazine groups is 1. The summed E-state index contributed by atoms with van der Waals surface area (Å²) in [5.74, 6) is 9.21. The molecule has 3 N–H and O–H groups in total. The molecule has 1 fully saturated rings. The Balaban J connectivity index is 1.84. The van der Waals surface area contributed by atoms with E-state index < -0.39 is 0 Å². The van der Waals surface area contributed by atoms with Gasteiger partial charge < -0.3 is 4.42 Å². The van der Waals surface area contributed by atoms with Crippen LogP contribution in [0.25, 0.3) is 0 Å². The fraction of sp³-hybridized carbons (Fsp3) is 0.733. The summed E-state index contributed by atoms with van der Waals surface area (Å²) >= 11 is 0. The van der Waals surface area contributed by atoms with Crippen LogP contribution >= 0.6 is 0 Å². The number of furan rings is 1. The Morgan fingerprint density at radius 1 is 1.39 bits per heavy atom. The number of hydrogen-bond acceptors (Lipinski definition) is 3. The minimum atomic E-state index is 0.421. The molecule has 0 aliphatic heterocycles. The number of rotatable bonds is 5. The Bertz CT molecular complexity index is 336. The van der Waals surface area contributed by atoms with Crippen molar-refractivity contribution in [2.75, 3.05) is 0 Å². The lowest BCUT2D eigenvalue weighted by atomic mass is 9.72. The second-order valence-corrected chi connectivity index (χ2v) is 5.92. The lowest BCUT2D eigenvalue weighted by Gasteiger charge is -2.36. The topological polar surface area (TPSA) is 51.2 Å². The second kappa shape index (κ2) is 6.39. The average Bonchev–Trinajstić information content (AvgIpc) is 2.87. The van der Waals surface area contributed by atoms with E-state index in [4.69, 9.17) is 10.3 Å². The summed E-state index contributed by atoms with van der Waals surface area (Å²) in [6.45, 7) is 4.74. The Kier molecular flexibility index (Phi) is 4.84. The zero-order valence-electron chi connectivity index (χ0n) is 11.6. The highest BCUT2D eigenvalue weighted by Gasteiger charge is 2.29. The van der Waals surface area contributed by atoms with Gasteiger partial charge in [0.2, 0.25) is 0 Å². The Hall–Kier alpha value is -0.800. The van der Waals surface area contributed by atoms with Gasteiger partial charge >= 0.3 is 0 Å². The monoisotopic (exact) mass is 250 g/mol. The summed E-state index contributed by atoms with van der Waals surface area (Å²) in [4.78, 5) is 0. The lowest BCUT2D eigenvalue weighted by Crippen LogP contribution is -2.43. The van der Waals surface area contributed by atoms with Gasteiger partial charge in [0.05, 0.1) is 6.26 Å². The van der Waals surface area contributed by atoms with Crippen molar-refractivity contribution in [3.05, 3.63) is 24.2 Å². The summed E-state index contributed by atoms with van der Waals surface area (Å²) in [5.41, 5.74) is 3.03.